The number of nitrogens with zero attached hydrogens (tertiary/aromatic N) is 2. The number of amides is 2. The molecule has 2 fully saturated rings. The second-order valence-corrected chi connectivity index (χ2v) is 13.2. The maximum atomic E-state index is 13.8. The fraction of sp³-hybridized carbons (Fsp3) is 0.636. The van der Waals surface area contributed by atoms with Crippen molar-refractivity contribution >= 4 is 39.2 Å². The van der Waals surface area contributed by atoms with Crippen LogP contribution in [-0.4, -0.2) is 73.4 Å². The number of rotatable bonds is 14. The molecule has 2 aliphatic rings. The molecule has 2 atom stereocenters. The summed E-state index contributed by atoms with van der Waals surface area (Å²) in [5, 5.41) is 6.80. The van der Waals surface area contributed by atoms with Crippen LogP contribution in [0, 0.1) is 11.8 Å². The van der Waals surface area contributed by atoms with Crippen LogP contribution in [0.5, 0.6) is 0 Å². The van der Waals surface area contributed by atoms with E-state index in [1.807, 2.05) is 12.1 Å². The number of nitrogens with one attached hydrogen (secondary N) is 2. The molecule has 2 aromatic rings. The van der Waals surface area contributed by atoms with E-state index in [0.29, 0.717) is 38.4 Å². The number of carbonyl (C=O) groups is 3. The topological polar surface area (TPSA) is 101 Å². The van der Waals surface area contributed by atoms with E-state index in [2.05, 4.69) is 41.5 Å². The highest BCUT2D eigenvalue weighted by molar-refractivity contribution is 7.18. The predicted octanol–water partition coefficient (Wildman–Crippen LogP) is 5.02. The zero-order valence-electron chi connectivity index (χ0n) is 25.5. The fourth-order valence-electron chi connectivity index (χ4n) is 5.93. The third kappa shape index (κ3) is 9.71. The number of hydrogen-bond acceptors (Lipinski definition) is 7. The van der Waals surface area contributed by atoms with Crippen molar-refractivity contribution in [3.8, 4) is 0 Å². The van der Waals surface area contributed by atoms with E-state index in [9.17, 15) is 14.4 Å². The summed E-state index contributed by atoms with van der Waals surface area (Å²) in [6.07, 6.45) is 10.6. The van der Waals surface area contributed by atoms with Crippen molar-refractivity contribution < 1.29 is 19.1 Å². The summed E-state index contributed by atoms with van der Waals surface area (Å²) in [5.74, 6) is -0.107. The van der Waals surface area contributed by atoms with Gasteiger partial charge < -0.3 is 15.4 Å². The fourth-order valence-corrected chi connectivity index (χ4v) is 7.03. The van der Waals surface area contributed by atoms with Gasteiger partial charge in [0.15, 0.2) is 5.78 Å². The molecule has 0 unspecified atom stereocenters. The Bertz CT molecular complexity index is 1210. The first-order chi connectivity index (χ1) is 20.3. The van der Waals surface area contributed by atoms with E-state index < -0.39 is 5.92 Å². The van der Waals surface area contributed by atoms with Crippen molar-refractivity contribution in [1.82, 2.24) is 20.5 Å². The third-order valence-corrected chi connectivity index (χ3v) is 9.65. The summed E-state index contributed by atoms with van der Waals surface area (Å²) in [6, 6.07) is 6.18. The van der Waals surface area contributed by atoms with Gasteiger partial charge in [0.1, 0.15) is 0 Å². The molecule has 42 heavy (non-hydrogen) atoms. The number of aromatic nitrogens is 1. The number of piperidine rings is 1. The zero-order valence-corrected chi connectivity index (χ0v) is 26.3. The van der Waals surface area contributed by atoms with Gasteiger partial charge in [-0.3, -0.25) is 19.3 Å². The lowest BCUT2D eigenvalue weighted by Gasteiger charge is -2.32. The zero-order chi connectivity index (χ0) is 29.9. The van der Waals surface area contributed by atoms with Gasteiger partial charge in [0.05, 0.1) is 21.1 Å². The highest BCUT2D eigenvalue weighted by atomic mass is 32.1. The molecule has 0 radical (unpaired) electrons. The van der Waals surface area contributed by atoms with Crippen LogP contribution in [0.25, 0.3) is 10.2 Å². The molecule has 4 rings (SSSR count). The molecule has 3 heterocycles. The smallest absolute Gasteiger partial charge is 0.224 e. The van der Waals surface area contributed by atoms with Crippen molar-refractivity contribution in [1.29, 1.82) is 0 Å². The van der Waals surface area contributed by atoms with Crippen molar-refractivity contribution in [2.75, 3.05) is 39.9 Å². The molecule has 0 bridgehead atoms. The van der Waals surface area contributed by atoms with Gasteiger partial charge in [-0.05, 0) is 80.8 Å². The Balaban J connectivity index is 1.41. The normalized spacial score (nSPS) is 18.4. The lowest BCUT2D eigenvalue weighted by molar-refractivity contribution is -0.131. The number of benzene rings is 1. The first-order valence-corrected chi connectivity index (χ1v) is 16.5. The number of ether oxygens (including phenoxy) is 1. The lowest BCUT2D eigenvalue weighted by Crippen LogP contribution is -2.46. The molecule has 0 saturated carbocycles. The van der Waals surface area contributed by atoms with E-state index in [1.165, 1.54) is 24.8 Å². The van der Waals surface area contributed by atoms with E-state index in [0.717, 1.165) is 47.7 Å². The standard InChI is InChI=1S/C33H48N4O4S/c1-23(2)25-9-11-29-30(20-25)42-32(35-29)22-26(21-31(39)34-3)33(40)36-28(24-13-18-41-19-14-24)12-10-27(38)8-7-17-37-15-5-4-6-16-37/h7-9,11,20,23-24,26,28H,4-6,10,12-19,21-22H2,1-3H3,(H,34,39)(H,36,40)/b8-7+/t26-,28+/m0/s1. The Hall–Kier alpha value is -2.62. The summed E-state index contributed by atoms with van der Waals surface area (Å²) >= 11 is 1.59. The van der Waals surface area contributed by atoms with Gasteiger partial charge in [-0.25, -0.2) is 4.98 Å². The molecule has 1 aromatic carbocycles. The average Bonchev–Trinajstić information content (AvgIpc) is 3.41. The second kappa shape index (κ2) is 16.3. The number of allylic oxidation sites excluding steroid dienone is 1. The molecular formula is C33H48N4O4S. The quantitative estimate of drug-likeness (QED) is 0.297. The molecule has 8 nitrogen and oxygen atoms in total. The van der Waals surface area contributed by atoms with Gasteiger partial charge in [0.2, 0.25) is 11.8 Å². The molecule has 0 aliphatic carbocycles. The molecular weight excluding hydrogens is 548 g/mol. The summed E-state index contributed by atoms with van der Waals surface area (Å²) in [7, 11) is 1.59. The SMILES string of the molecule is CNC(=O)C[C@@H](Cc1nc2ccc(C(C)C)cc2s1)C(=O)N[C@H](CCC(=O)/C=C/CN1CCCCC1)C1CCOCC1. The van der Waals surface area contributed by atoms with Crippen molar-refractivity contribution in [2.24, 2.45) is 11.8 Å². The minimum atomic E-state index is -0.544. The Morgan fingerprint density at radius 3 is 2.62 bits per heavy atom. The van der Waals surface area contributed by atoms with Gasteiger partial charge in [0.25, 0.3) is 0 Å². The third-order valence-electron chi connectivity index (χ3n) is 8.61. The van der Waals surface area contributed by atoms with Crippen LogP contribution in [0.1, 0.15) is 81.7 Å². The summed E-state index contributed by atoms with van der Waals surface area (Å²) in [6.45, 7) is 8.67. The molecule has 1 aromatic heterocycles. The number of fused-ring (bicyclic) bond motifs is 1. The number of ketones is 1. The van der Waals surface area contributed by atoms with Gasteiger partial charge >= 0.3 is 0 Å². The monoisotopic (exact) mass is 596 g/mol. The second-order valence-electron chi connectivity index (χ2n) is 12.1. The Morgan fingerprint density at radius 2 is 1.90 bits per heavy atom. The number of thiazole rings is 1. The first kappa shape index (κ1) is 32.3. The summed E-state index contributed by atoms with van der Waals surface area (Å²) in [5.41, 5.74) is 2.18. The van der Waals surface area contributed by atoms with Crippen molar-refractivity contribution in [3.63, 3.8) is 0 Å². The number of hydrogen-bond donors (Lipinski definition) is 2. The number of likely N-dealkylation sites (tertiary alicyclic amines) is 1. The van der Waals surface area contributed by atoms with Crippen LogP contribution in [0.4, 0.5) is 0 Å². The molecule has 230 valence electrons. The van der Waals surface area contributed by atoms with Gasteiger partial charge in [-0.2, -0.15) is 0 Å². The largest absolute Gasteiger partial charge is 0.381 e. The van der Waals surface area contributed by atoms with Crippen LogP contribution in [0.15, 0.2) is 30.4 Å². The Labute approximate surface area is 254 Å². The summed E-state index contributed by atoms with van der Waals surface area (Å²) < 4.78 is 6.68. The Morgan fingerprint density at radius 1 is 1.14 bits per heavy atom. The van der Waals surface area contributed by atoms with Crippen molar-refractivity contribution in [2.45, 2.75) is 83.6 Å². The Kier molecular flexibility index (Phi) is 12.5. The van der Waals surface area contributed by atoms with E-state index >= 15 is 0 Å². The minimum absolute atomic E-state index is 0.0914. The molecule has 0 spiro atoms. The minimum Gasteiger partial charge on any atom is -0.381 e. The van der Waals surface area contributed by atoms with E-state index in [1.54, 1.807) is 24.5 Å². The predicted molar refractivity (Wildman–Crippen MR) is 169 cm³/mol. The molecule has 2 saturated heterocycles. The van der Waals surface area contributed by atoms with Crippen LogP contribution >= 0.6 is 11.3 Å². The van der Waals surface area contributed by atoms with Crippen LogP contribution in [0.3, 0.4) is 0 Å². The highest BCUT2D eigenvalue weighted by Gasteiger charge is 2.30. The van der Waals surface area contributed by atoms with Crippen LogP contribution in [-0.2, 0) is 25.5 Å². The lowest BCUT2D eigenvalue weighted by atomic mass is 9.87. The first-order valence-electron chi connectivity index (χ1n) is 15.7. The van der Waals surface area contributed by atoms with E-state index in [-0.39, 0.29) is 36.0 Å². The molecule has 2 amide bonds. The average molecular weight is 597 g/mol. The highest BCUT2D eigenvalue weighted by Crippen LogP contribution is 2.29. The van der Waals surface area contributed by atoms with Gasteiger partial charge in [0, 0.05) is 52.1 Å². The molecule has 2 aliphatic heterocycles. The van der Waals surface area contributed by atoms with Gasteiger partial charge in [-0.1, -0.05) is 32.4 Å². The molecule has 2 N–H and O–H groups in total. The maximum Gasteiger partial charge on any atom is 0.224 e. The van der Waals surface area contributed by atoms with Crippen LogP contribution < -0.4 is 10.6 Å². The maximum absolute atomic E-state index is 13.8. The van der Waals surface area contributed by atoms with E-state index in [4.69, 9.17) is 9.72 Å². The van der Waals surface area contributed by atoms with Gasteiger partial charge in [-0.15, -0.1) is 11.3 Å². The summed E-state index contributed by atoms with van der Waals surface area (Å²) in [4.78, 5) is 46.1. The van der Waals surface area contributed by atoms with Crippen LogP contribution in [0.2, 0.25) is 0 Å². The number of carbonyl (C=O) groups excluding carboxylic acids is 3. The molecule has 9 heteroatoms. The van der Waals surface area contributed by atoms with Crippen molar-refractivity contribution in [3.05, 3.63) is 40.9 Å².